The minimum atomic E-state index is -0.631. The zero-order chi connectivity index (χ0) is 21.9. The lowest BCUT2D eigenvalue weighted by molar-refractivity contribution is 0.0331. The van der Waals surface area contributed by atoms with Crippen LogP contribution in [0.1, 0.15) is 30.9 Å². The van der Waals surface area contributed by atoms with Crippen molar-refractivity contribution >= 4 is 11.8 Å². The Morgan fingerprint density at radius 3 is 2.68 bits per heavy atom. The first-order valence-electron chi connectivity index (χ1n) is 11.2. The summed E-state index contributed by atoms with van der Waals surface area (Å²) in [5.41, 5.74) is 2.28. The molecule has 1 atom stereocenters. The van der Waals surface area contributed by atoms with Crippen molar-refractivity contribution in [1.82, 2.24) is 15.6 Å². The van der Waals surface area contributed by atoms with E-state index in [1.165, 1.54) is 5.56 Å². The van der Waals surface area contributed by atoms with E-state index >= 15 is 0 Å². The molecule has 1 aromatic heterocycles. The minimum absolute atomic E-state index is 0.264. The van der Waals surface area contributed by atoms with Crippen LogP contribution in [0.25, 0.3) is 0 Å². The first-order chi connectivity index (χ1) is 15.1. The van der Waals surface area contributed by atoms with Gasteiger partial charge in [0.1, 0.15) is 5.82 Å². The minimum Gasteiger partial charge on any atom is -0.389 e. The molecule has 0 saturated carbocycles. The van der Waals surface area contributed by atoms with Crippen molar-refractivity contribution in [1.29, 1.82) is 0 Å². The van der Waals surface area contributed by atoms with E-state index in [1.54, 1.807) is 0 Å². The van der Waals surface area contributed by atoms with Gasteiger partial charge in [-0.3, -0.25) is 4.99 Å². The van der Waals surface area contributed by atoms with E-state index in [2.05, 4.69) is 44.6 Å². The van der Waals surface area contributed by atoms with Crippen LogP contribution in [0.2, 0.25) is 0 Å². The number of nitrogens with zero attached hydrogens (tertiary/aromatic N) is 3. The number of nitrogens with one attached hydrogen (secondary N) is 2. The molecular formula is C24H35N5O2. The summed E-state index contributed by atoms with van der Waals surface area (Å²) in [7, 11) is 0. The second-order valence-corrected chi connectivity index (χ2v) is 7.97. The van der Waals surface area contributed by atoms with E-state index in [9.17, 15) is 5.11 Å². The topological polar surface area (TPSA) is 82.0 Å². The van der Waals surface area contributed by atoms with Crippen molar-refractivity contribution in [2.75, 3.05) is 37.7 Å². The molecule has 168 valence electrons. The number of pyridine rings is 1. The number of guanidine groups is 1. The summed E-state index contributed by atoms with van der Waals surface area (Å²) in [6.45, 7) is 7.86. The molecule has 1 fully saturated rings. The lowest BCUT2D eigenvalue weighted by Gasteiger charge is -2.34. The second-order valence-electron chi connectivity index (χ2n) is 7.97. The summed E-state index contributed by atoms with van der Waals surface area (Å²) in [6, 6.07) is 14.5. The van der Waals surface area contributed by atoms with Gasteiger partial charge >= 0.3 is 0 Å². The molecule has 31 heavy (non-hydrogen) atoms. The Morgan fingerprint density at radius 1 is 1.23 bits per heavy atom. The molecule has 2 aromatic rings. The number of aliphatic imine (C=N–C) groups is 1. The van der Waals surface area contributed by atoms with Crippen LogP contribution in [-0.4, -0.2) is 61.0 Å². The fourth-order valence-corrected chi connectivity index (χ4v) is 3.55. The number of benzene rings is 1. The van der Waals surface area contributed by atoms with Crippen LogP contribution >= 0.6 is 0 Å². The van der Waals surface area contributed by atoms with Gasteiger partial charge in [0.25, 0.3) is 0 Å². The number of aliphatic hydroxyl groups excluding tert-OH is 1. The SMILES string of the molecule is CCNC(=NCC(O)COCc1ccccc1)NC1CCN(c2ccc(C)cn2)CC1. The maximum atomic E-state index is 10.2. The molecule has 0 bridgehead atoms. The van der Waals surface area contributed by atoms with Gasteiger partial charge in [0.2, 0.25) is 0 Å². The summed E-state index contributed by atoms with van der Waals surface area (Å²) in [5, 5.41) is 17.0. The van der Waals surface area contributed by atoms with Crippen molar-refractivity contribution in [2.45, 2.75) is 45.4 Å². The molecule has 2 heterocycles. The first-order valence-corrected chi connectivity index (χ1v) is 11.2. The Morgan fingerprint density at radius 2 is 2.00 bits per heavy atom. The average Bonchev–Trinajstić information content (AvgIpc) is 2.79. The van der Waals surface area contributed by atoms with Crippen LogP contribution in [0.5, 0.6) is 0 Å². The lowest BCUT2D eigenvalue weighted by atomic mass is 10.1. The molecule has 0 radical (unpaired) electrons. The van der Waals surface area contributed by atoms with Gasteiger partial charge in [0.15, 0.2) is 5.96 Å². The van der Waals surface area contributed by atoms with Gasteiger partial charge in [-0.1, -0.05) is 36.4 Å². The van der Waals surface area contributed by atoms with Crippen LogP contribution < -0.4 is 15.5 Å². The lowest BCUT2D eigenvalue weighted by Crippen LogP contribution is -2.49. The molecule has 1 aliphatic heterocycles. The highest BCUT2D eigenvalue weighted by molar-refractivity contribution is 5.80. The molecule has 0 spiro atoms. The highest BCUT2D eigenvalue weighted by Gasteiger charge is 2.21. The van der Waals surface area contributed by atoms with Gasteiger partial charge < -0.3 is 25.4 Å². The third-order valence-corrected chi connectivity index (χ3v) is 5.28. The summed E-state index contributed by atoms with van der Waals surface area (Å²) in [6.07, 6.45) is 3.32. The third kappa shape index (κ3) is 7.84. The van der Waals surface area contributed by atoms with Crippen LogP contribution in [0.3, 0.4) is 0 Å². The van der Waals surface area contributed by atoms with Gasteiger partial charge in [0.05, 0.1) is 25.9 Å². The molecule has 7 nitrogen and oxygen atoms in total. The quantitative estimate of drug-likeness (QED) is 0.423. The number of hydrogen-bond acceptors (Lipinski definition) is 5. The number of anilines is 1. The normalized spacial score (nSPS) is 16.2. The van der Waals surface area contributed by atoms with E-state index in [1.807, 2.05) is 43.5 Å². The van der Waals surface area contributed by atoms with E-state index in [0.717, 1.165) is 49.8 Å². The molecular weight excluding hydrogens is 390 g/mol. The monoisotopic (exact) mass is 425 g/mol. The van der Waals surface area contributed by atoms with E-state index in [-0.39, 0.29) is 6.61 Å². The molecule has 0 aliphatic carbocycles. The standard InChI is InChI=1S/C24H35N5O2/c1-3-25-24(27-16-22(30)18-31-17-20-7-5-4-6-8-20)28-21-11-13-29(14-12-21)23-10-9-19(2)15-26-23/h4-10,15,21-22,30H,3,11-14,16-18H2,1-2H3,(H2,25,27,28). The Bertz CT molecular complexity index is 789. The predicted octanol–water partition coefficient (Wildman–Crippen LogP) is 2.49. The van der Waals surface area contributed by atoms with Crippen molar-refractivity contribution < 1.29 is 9.84 Å². The maximum Gasteiger partial charge on any atom is 0.191 e. The molecule has 0 amide bonds. The van der Waals surface area contributed by atoms with Gasteiger partial charge in [-0.05, 0) is 43.9 Å². The molecule has 1 aromatic carbocycles. The van der Waals surface area contributed by atoms with Crippen molar-refractivity contribution in [2.24, 2.45) is 4.99 Å². The number of aromatic nitrogens is 1. The fourth-order valence-electron chi connectivity index (χ4n) is 3.55. The van der Waals surface area contributed by atoms with Crippen molar-refractivity contribution in [3.8, 4) is 0 Å². The number of piperidine rings is 1. The van der Waals surface area contributed by atoms with E-state index in [4.69, 9.17) is 4.74 Å². The van der Waals surface area contributed by atoms with Crippen LogP contribution in [0, 0.1) is 6.92 Å². The van der Waals surface area contributed by atoms with Gasteiger partial charge in [0, 0.05) is 31.9 Å². The molecule has 3 rings (SSSR count). The molecule has 3 N–H and O–H groups in total. The van der Waals surface area contributed by atoms with Crippen molar-refractivity contribution in [3.05, 3.63) is 59.8 Å². The Kier molecular flexibility index (Phi) is 9.12. The van der Waals surface area contributed by atoms with E-state index in [0.29, 0.717) is 19.2 Å². The first kappa shape index (κ1) is 23.0. The van der Waals surface area contributed by atoms with Crippen LogP contribution in [-0.2, 0) is 11.3 Å². The highest BCUT2D eigenvalue weighted by atomic mass is 16.5. The predicted molar refractivity (Wildman–Crippen MR) is 125 cm³/mol. The maximum absolute atomic E-state index is 10.2. The average molecular weight is 426 g/mol. The Labute approximate surface area is 185 Å². The van der Waals surface area contributed by atoms with E-state index < -0.39 is 6.10 Å². The van der Waals surface area contributed by atoms with Gasteiger partial charge in [-0.25, -0.2) is 4.98 Å². The summed E-state index contributed by atoms with van der Waals surface area (Å²) < 4.78 is 5.61. The number of aliphatic hydroxyl groups is 1. The van der Waals surface area contributed by atoms with Gasteiger partial charge in [-0.2, -0.15) is 0 Å². The highest BCUT2D eigenvalue weighted by Crippen LogP contribution is 2.18. The number of hydrogen-bond donors (Lipinski definition) is 3. The van der Waals surface area contributed by atoms with Crippen LogP contribution in [0.4, 0.5) is 5.82 Å². The third-order valence-electron chi connectivity index (χ3n) is 5.28. The molecule has 1 saturated heterocycles. The van der Waals surface area contributed by atoms with Crippen molar-refractivity contribution in [3.63, 3.8) is 0 Å². The second kappa shape index (κ2) is 12.3. The fraction of sp³-hybridized carbons (Fsp3) is 0.500. The largest absolute Gasteiger partial charge is 0.389 e. The number of ether oxygens (including phenoxy) is 1. The van der Waals surface area contributed by atoms with Gasteiger partial charge in [-0.15, -0.1) is 0 Å². The molecule has 1 unspecified atom stereocenters. The Balaban J connectivity index is 1.41. The smallest absolute Gasteiger partial charge is 0.191 e. The number of aryl methyl sites for hydroxylation is 1. The summed E-state index contributed by atoms with van der Waals surface area (Å²) in [4.78, 5) is 11.4. The zero-order valence-corrected chi connectivity index (χ0v) is 18.6. The molecule has 7 heteroatoms. The number of rotatable bonds is 9. The van der Waals surface area contributed by atoms with Crippen LogP contribution in [0.15, 0.2) is 53.7 Å². The Hall–Kier alpha value is -2.64. The summed E-state index contributed by atoms with van der Waals surface area (Å²) in [5.74, 6) is 1.79. The molecule has 1 aliphatic rings. The summed E-state index contributed by atoms with van der Waals surface area (Å²) >= 11 is 0. The zero-order valence-electron chi connectivity index (χ0n) is 18.6.